The van der Waals surface area contributed by atoms with Crippen LogP contribution in [0.1, 0.15) is 10.6 Å². The maximum Gasteiger partial charge on any atom is 0.240 e. The van der Waals surface area contributed by atoms with Crippen molar-refractivity contribution in [1.29, 1.82) is 0 Å². The van der Waals surface area contributed by atoms with E-state index in [1.54, 1.807) is 25.2 Å². The molecule has 0 saturated heterocycles. The molecule has 2 aromatic rings. The molecule has 0 spiro atoms. The molecule has 1 aromatic heterocycles. The van der Waals surface area contributed by atoms with Crippen LogP contribution < -0.4 is 10.6 Å². The highest BCUT2D eigenvalue weighted by Gasteiger charge is 2.09. The van der Waals surface area contributed by atoms with Crippen molar-refractivity contribution in [1.82, 2.24) is 15.5 Å². The van der Waals surface area contributed by atoms with Crippen LogP contribution in [-0.2, 0) is 11.2 Å². The van der Waals surface area contributed by atoms with Crippen molar-refractivity contribution in [3.05, 3.63) is 40.7 Å². The van der Waals surface area contributed by atoms with Crippen LogP contribution in [0.15, 0.2) is 24.3 Å². The van der Waals surface area contributed by atoms with E-state index in [4.69, 9.17) is 0 Å². The standard InChI is InChI=1S/C12H13FN4OS.ClH/c1-14-7-10(18)15-12-17-16-11(19-12)6-8-4-2-3-5-9(8)13;/h2-5,14H,6-7H2,1H3,(H,15,17,18);1H. The fourth-order valence-electron chi connectivity index (χ4n) is 1.50. The first-order valence-corrected chi connectivity index (χ1v) is 6.51. The average Bonchev–Trinajstić information content (AvgIpc) is 2.80. The lowest BCUT2D eigenvalue weighted by atomic mass is 10.1. The van der Waals surface area contributed by atoms with Gasteiger partial charge in [-0.3, -0.25) is 10.1 Å². The molecule has 1 heterocycles. The molecule has 1 amide bonds. The molecule has 5 nitrogen and oxygen atoms in total. The molecule has 0 saturated carbocycles. The monoisotopic (exact) mass is 316 g/mol. The van der Waals surface area contributed by atoms with Crippen molar-refractivity contribution in [2.45, 2.75) is 6.42 Å². The molecule has 1 aromatic carbocycles. The van der Waals surface area contributed by atoms with Crippen LogP contribution in [0.2, 0.25) is 0 Å². The van der Waals surface area contributed by atoms with Crippen LogP contribution in [-0.4, -0.2) is 29.7 Å². The zero-order chi connectivity index (χ0) is 13.7. The maximum atomic E-state index is 13.5. The van der Waals surface area contributed by atoms with Gasteiger partial charge < -0.3 is 5.32 Å². The zero-order valence-corrected chi connectivity index (χ0v) is 12.4. The van der Waals surface area contributed by atoms with E-state index >= 15 is 0 Å². The Balaban J connectivity index is 0.00000200. The van der Waals surface area contributed by atoms with E-state index in [1.807, 2.05) is 0 Å². The second kappa shape index (κ2) is 7.88. The van der Waals surface area contributed by atoms with Crippen molar-refractivity contribution in [3.63, 3.8) is 0 Å². The second-order valence-corrected chi connectivity index (χ2v) is 4.91. The molecule has 0 fully saturated rings. The summed E-state index contributed by atoms with van der Waals surface area (Å²) < 4.78 is 13.5. The summed E-state index contributed by atoms with van der Waals surface area (Å²) in [5.74, 6) is -0.449. The van der Waals surface area contributed by atoms with Crippen molar-refractivity contribution in [2.75, 3.05) is 18.9 Å². The molecular weight excluding hydrogens is 303 g/mol. The van der Waals surface area contributed by atoms with Gasteiger partial charge in [-0.05, 0) is 18.7 Å². The van der Waals surface area contributed by atoms with Gasteiger partial charge in [-0.2, -0.15) is 0 Å². The number of rotatable bonds is 5. The summed E-state index contributed by atoms with van der Waals surface area (Å²) >= 11 is 1.24. The van der Waals surface area contributed by atoms with Crippen LogP contribution in [0, 0.1) is 5.82 Å². The number of carbonyl (C=O) groups excluding carboxylic acids is 1. The van der Waals surface area contributed by atoms with E-state index in [0.717, 1.165) is 0 Å². The fourth-order valence-corrected chi connectivity index (χ4v) is 2.28. The average molecular weight is 317 g/mol. The number of likely N-dealkylation sites (N-methyl/N-ethyl adjacent to an activating group) is 1. The van der Waals surface area contributed by atoms with Crippen molar-refractivity contribution >= 4 is 34.8 Å². The summed E-state index contributed by atoms with van der Waals surface area (Å²) in [5.41, 5.74) is 0.562. The molecule has 8 heteroatoms. The molecule has 0 radical (unpaired) electrons. The first-order valence-electron chi connectivity index (χ1n) is 5.69. The van der Waals surface area contributed by atoms with E-state index in [2.05, 4.69) is 20.8 Å². The van der Waals surface area contributed by atoms with Gasteiger partial charge in [0.05, 0.1) is 6.54 Å². The number of anilines is 1. The SMILES string of the molecule is CNCC(=O)Nc1nnc(Cc2ccccc2F)s1.Cl. The number of carbonyl (C=O) groups is 1. The summed E-state index contributed by atoms with van der Waals surface area (Å²) in [6.07, 6.45) is 0.367. The van der Waals surface area contributed by atoms with Gasteiger partial charge >= 0.3 is 0 Å². The van der Waals surface area contributed by atoms with E-state index in [-0.39, 0.29) is 30.7 Å². The summed E-state index contributed by atoms with van der Waals surface area (Å²) in [7, 11) is 1.68. The molecule has 20 heavy (non-hydrogen) atoms. The van der Waals surface area contributed by atoms with E-state index in [9.17, 15) is 9.18 Å². The van der Waals surface area contributed by atoms with Crippen molar-refractivity contribution in [3.8, 4) is 0 Å². The van der Waals surface area contributed by atoms with Gasteiger partial charge in [0.2, 0.25) is 11.0 Å². The van der Waals surface area contributed by atoms with Crippen molar-refractivity contribution in [2.24, 2.45) is 0 Å². The van der Waals surface area contributed by atoms with Crippen LogP contribution >= 0.6 is 23.7 Å². The molecule has 0 atom stereocenters. The smallest absolute Gasteiger partial charge is 0.240 e. The molecule has 0 aliphatic carbocycles. The largest absolute Gasteiger partial charge is 0.311 e. The lowest BCUT2D eigenvalue weighted by Crippen LogP contribution is -2.24. The first kappa shape index (κ1) is 16.5. The van der Waals surface area contributed by atoms with Gasteiger partial charge in [0, 0.05) is 6.42 Å². The fraction of sp³-hybridized carbons (Fsp3) is 0.250. The Labute approximate surface area is 126 Å². The molecular formula is C12H14ClFN4OS. The predicted octanol–water partition coefficient (Wildman–Crippen LogP) is 1.85. The minimum absolute atomic E-state index is 0. The Hall–Kier alpha value is -1.57. The first-order chi connectivity index (χ1) is 9.19. The highest BCUT2D eigenvalue weighted by molar-refractivity contribution is 7.15. The number of nitrogens with one attached hydrogen (secondary N) is 2. The highest BCUT2D eigenvalue weighted by atomic mass is 35.5. The van der Waals surface area contributed by atoms with Gasteiger partial charge in [0.25, 0.3) is 0 Å². The Bertz CT molecular complexity index is 578. The molecule has 0 bridgehead atoms. The molecule has 0 aliphatic heterocycles. The number of hydrogen-bond donors (Lipinski definition) is 2. The van der Waals surface area contributed by atoms with Crippen molar-refractivity contribution < 1.29 is 9.18 Å². The predicted molar refractivity (Wildman–Crippen MR) is 78.9 cm³/mol. The van der Waals surface area contributed by atoms with Gasteiger partial charge in [0.1, 0.15) is 10.8 Å². The summed E-state index contributed by atoms with van der Waals surface area (Å²) in [6, 6.07) is 6.53. The minimum Gasteiger partial charge on any atom is -0.311 e. The van der Waals surface area contributed by atoms with E-state index in [0.29, 0.717) is 22.1 Å². The van der Waals surface area contributed by atoms with Crippen LogP contribution in [0.5, 0.6) is 0 Å². The lowest BCUT2D eigenvalue weighted by molar-refractivity contribution is -0.115. The third-order valence-corrected chi connectivity index (χ3v) is 3.19. The number of hydrogen-bond acceptors (Lipinski definition) is 5. The minimum atomic E-state index is -0.265. The normalized spacial score (nSPS) is 9.90. The van der Waals surface area contributed by atoms with Crippen LogP contribution in [0.3, 0.4) is 0 Å². The quantitative estimate of drug-likeness (QED) is 0.883. The number of aromatic nitrogens is 2. The number of benzene rings is 1. The third-order valence-electron chi connectivity index (χ3n) is 2.35. The number of halogens is 2. The van der Waals surface area contributed by atoms with Crippen LogP contribution in [0.25, 0.3) is 0 Å². The van der Waals surface area contributed by atoms with Gasteiger partial charge in [-0.15, -0.1) is 22.6 Å². The second-order valence-electron chi connectivity index (χ2n) is 3.85. The van der Waals surface area contributed by atoms with Crippen LogP contribution in [0.4, 0.5) is 9.52 Å². The summed E-state index contributed by atoms with van der Waals surface area (Å²) in [4.78, 5) is 11.3. The Kier molecular flexibility index (Phi) is 6.50. The topological polar surface area (TPSA) is 66.9 Å². The maximum absolute atomic E-state index is 13.5. The lowest BCUT2D eigenvalue weighted by Gasteiger charge is -1.99. The van der Waals surface area contributed by atoms with Gasteiger partial charge in [0.15, 0.2) is 0 Å². The molecule has 0 unspecified atom stereocenters. The molecule has 0 aliphatic rings. The van der Waals surface area contributed by atoms with E-state index in [1.165, 1.54) is 17.4 Å². The Morgan fingerprint density at radius 3 is 2.80 bits per heavy atom. The zero-order valence-electron chi connectivity index (χ0n) is 10.7. The highest BCUT2D eigenvalue weighted by Crippen LogP contribution is 2.19. The molecule has 2 rings (SSSR count). The number of nitrogens with zero attached hydrogens (tertiary/aromatic N) is 2. The Morgan fingerprint density at radius 1 is 1.35 bits per heavy atom. The Morgan fingerprint density at radius 2 is 2.10 bits per heavy atom. The number of amides is 1. The summed E-state index contributed by atoms with van der Waals surface area (Å²) in [5, 5.41) is 14.2. The summed E-state index contributed by atoms with van der Waals surface area (Å²) in [6.45, 7) is 0.211. The van der Waals surface area contributed by atoms with E-state index < -0.39 is 0 Å². The third kappa shape index (κ3) is 4.52. The van der Waals surface area contributed by atoms with Gasteiger partial charge in [-0.1, -0.05) is 29.5 Å². The molecule has 108 valence electrons. The molecule has 2 N–H and O–H groups in total. The van der Waals surface area contributed by atoms with Gasteiger partial charge in [-0.25, -0.2) is 4.39 Å².